The minimum Gasteiger partial charge on any atom is -0.444 e. The Bertz CT molecular complexity index is 480. The van der Waals surface area contributed by atoms with E-state index in [1.165, 1.54) is 18.2 Å². The minimum atomic E-state index is -0.851. The van der Waals surface area contributed by atoms with Crippen LogP contribution in [0.25, 0.3) is 0 Å². The molecule has 0 bridgehead atoms. The van der Waals surface area contributed by atoms with Crippen molar-refractivity contribution in [2.75, 3.05) is 0 Å². The molecule has 1 unspecified atom stereocenters. The van der Waals surface area contributed by atoms with Crippen LogP contribution in [0.4, 0.5) is 9.18 Å². The van der Waals surface area contributed by atoms with Gasteiger partial charge >= 0.3 is 6.09 Å². The van der Waals surface area contributed by atoms with Crippen molar-refractivity contribution >= 4 is 12.4 Å². The first-order valence-corrected chi connectivity index (χ1v) is 5.94. The van der Waals surface area contributed by atoms with Gasteiger partial charge in [-0.3, -0.25) is 0 Å². The molecular weight excluding hydrogens is 249 g/mol. The van der Waals surface area contributed by atoms with Crippen molar-refractivity contribution in [3.63, 3.8) is 0 Å². The lowest BCUT2D eigenvalue weighted by molar-refractivity contribution is -0.109. The second kappa shape index (κ2) is 5.82. The minimum absolute atomic E-state index is 0.386. The molecule has 1 N–H and O–H groups in total. The second-order valence-electron chi connectivity index (χ2n) is 5.26. The van der Waals surface area contributed by atoms with Crippen LogP contribution in [0.2, 0.25) is 0 Å². The van der Waals surface area contributed by atoms with E-state index in [2.05, 4.69) is 5.32 Å². The fourth-order valence-corrected chi connectivity index (χ4v) is 1.61. The van der Waals surface area contributed by atoms with Crippen molar-refractivity contribution < 1.29 is 18.7 Å². The predicted molar refractivity (Wildman–Crippen MR) is 69.3 cm³/mol. The molecule has 0 spiro atoms. The van der Waals surface area contributed by atoms with E-state index in [1.807, 2.05) is 0 Å². The summed E-state index contributed by atoms with van der Waals surface area (Å²) in [5, 5.41) is 2.45. The molecule has 0 radical (unpaired) electrons. The van der Waals surface area contributed by atoms with Crippen molar-refractivity contribution in [2.45, 2.75) is 39.3 Å². The smallest absolute Gasteiger partial charge is 0.408 e. The average Bonchev–Trinajstić information content (AvgIpc) is 2.24. The Morgan fingerprint density at radius 1 is 1.42 bits per heavy atom. The normalized spacial score (nSPS) is 12.7. The highest BCUT2D eigenvalue weighted by atomic mass is 19.1. The van der Waals surface area contributed by atoms with Gasteiger partial charge in [0.25, 0.3) is 0 Å². The number of aryl methyl sites for hydroxylation is 1. The molecule has 0 aliphatic heterocycles. The highest BCUT2D eigenvalue weighted by Gasteiger charge is 2.21. The molecule has 19 heavy (non-hydrogen) atoms. The molecule has 0 fully saturated rings. The number of carbonyl (C=O) groups is 2. The van der Waals surface area contributed by atoms with Crippen molar-refractivity contribution in [3.8, 4) is 0 Å². The molecule has 1 amide bonds. The van der Waals surface area contributed by atoms with E-state index in [4.69, 9.17) is 4.74 Å². The number of halogens is 1. The maximum Gasteiger partial charge on any atom is 0.408 e. The van der Waals surface area contributed by atoms with Gasteiger partial charge in [-0.1, -0.05) is 6.07 Å². The van der Waals surface area contributed by atoms with E-state index >= 15 is 0 Å². The number of amides is 1. The molecule has 0 aliphatic rings. The number of benzene rings is 1. The number of rotatable bonds is 3. The van der Waals surface area contributed by atoms with Gasteiger partial charge in [0.15, 0.2) is 0 Å². The van der Waals surface area contributed by atoms with Crippen LogP contribution < -0.4 is 5.32 Å². The van der Waals surface area contributed by atoms with E-state index in [0.717, 1.165) is 0 Å². The molecule has 1 atom stereocenters. The molecule has 4 nitrogen and oxygen atoms in total. The van der Waals surface area contributed by atoms with E-state index in [0.29, 0.717) is 17.4 Å². The average molecular weight is 267 g/mol. The molecule has 1 aromatic carbocycles. The van der Waals surface area contributed by atoms with E-state index in [-0.39, 0.29) is 5.82 Å². The summed E-state index contributed by atoms with van der Waals surface area (Å²) >= 11 is 0. The summed E-state index contributed by atoms with van der Waals surface area (Å²) in [4.78, 5) is 22.7. The van der Waals surface area contributed by atoms with Crippen LogP contribution in [-0.4, -0.2) is 18.0 Å². The Hall–Kier alpha value is -1.91. The summed E-state index contributed by atoms with van der Waals surface area (Å²) < 4.78 is 18.1. The van der Waals surface area contributed by atoms with Crippen molar-refractivity contribution in [2.24, 2.45) is 0 Å². The Balaban J connectivity index is 2.84. The van der Waals surface area contributed by atoms with Gasteiger partial charge in [-0.05, 0) is 51.0 Å². The van der Waals surface area contributed by atoms with Gasteiger partial charge in [0, 0.05) is 0 Å². The molecule has 0 aliphatic carbocycles. The van der Waals surface area contributed by atoms with Gasteiger partial charge in [0.05, 0.1) is 0 Å². The third kappa shape index (κ3) is 4.69. The molecule has 0 saturated carbocycles. The van der Waals surface area contributed by atoms with E-state index < -0.39 is 17.7 Å². The lowest BCUT2D eigenvalue weighted by Gasteiger charge is -2.22. The standard InChI is InChI=1S/C14H18FNO3/c1-9-7-10(15)5-6-11(9)12(8-17)16-13(18)19-14(2,3)4/h5-8,12H,1-4H3,(H,16,18). The van der Waals surface area contributed by atoms with Crippen molar-refractivity contribution in [3.05, 3.63) is 35.1 Å². The van der Waals surface area contributed by atoms with Gasteiger partial charge < -0.3 is 14.8 Å². The Labute approximate surface area is 112 Å². The van der Waals surface area contributed by atoms with Gasteiger partial charge in [0.2, 0.25) is 0 Å². The molecule has 1 aromatic rings. The monoisotopic (exact) mass is 267 g/mol. The molecule has 0 aromatic heterocycles. The second-order valence-corrected chi connectivity index (χ2v) is 5.26. The number of alkyl carbamates (subject to hydrolysis) is 1. The molecule has 0 saturated heterocycles. The SMILES string of the molecule is Cc1cc(F)ccc1C(C=O)NC(=O)OC(C)(C)C. The third-order valence-corrected chi connectivity index (χ3v) is 2.38. The Morgan fingerprint density at radius 2 is 2.05 bits per heavy atom. The molecule has 1 rings (SSSR count). The highest BCUT2D eigenvalue weighted by Crippen LogP contribution is 2.18. The maximum absolute atomic E-state index is 13.0. The number of nitrogens with one attached hydrogen (secondary N) is 1. The number of carbonyl (C=O) groups excluding carboxylic acids is 2. The van der Waals surface area contributed by atoms with Gasteiger partial charge in [-0.25, -0.2) is 9.18 Å². The predicted octanol–water partition coefficient (Wildman–Crippen LogP) is 2.90. The number of hydrogen-bond acceptors (Lipinski definition) is 3. The van der Waals surface area contributed by atoms with E-state index in [1.54, 1.807) is 27.7 Å². The number of aldehydes is 1. The first kappa shape index (κ1) is 15.1. The van der Waals surface area contributed by atoms with Crippen LogP contribution in [-0.2, 0) is 9.53 Å². The molecular formula is C14H18FNO3. The third-order valence-electron chi connectivity index (χ3n) is 2.38. The van der Waals surface area contributed by atoms with Gasteiger partial charge in [-0.2, -0.15) is 0 Å². The first-order valence-electron chi connectivity index (χ1n) is 5.94. The van der Waals surface area contributed by atoms with Crippen molar-refractivity contribution in [1.29, 1.82) is 0 Å². The first-order chi connectivity index (χ1) is 8.73. The Morgan fingerprint density at radius 3 is 2.53 bits per heavy atom. The summed E-state index contributed by atoms with van der Waals surface area (Å²) in [6.07, 6.45) is -0.0993. The largest absolute Gasteiger partial charge is 0.444 e. The summed E-state index contributed by atoms with van der Waals surface area (Å²) in [5.74, 6) is -0.386. The zero-order valence-corrected chi connectivity index (χ0v) is 11.5. The fourth-order valence-electron chi connectivity index (χ4n) is 1.61. The topological polar surface area (TPSA) is 55.4 Å². The summed E-state index contributed by atoms with van der Waals surface area (Å²) in [7, 11) is 0. The van der Waals surface area contributed by atoms with Crippen LogP contribution in [0.5, 0.6) is 0 Å². The van der Waals surface area contributed by atoms with Crippen LogP contribution in [0, 0.1) is 12.7 Å². The zero-order valence-electron chi connectivity index (χ0n) is 11.5. The van der Waals surface area contributed by atoms with Crippen LogP contribution in [0.15, 0.2) is 18.2 Å². The lowest BCUT2D eigenvalue weighted by atomic mass is 10.0. The number of hydrogen-bond donors (Lipinski definition) is 1. The summed E-state index contributed by atoms with van der Waals surface area (Å²) in [6, 6.07) is 3.18. The highest BCUT2D eigenvalue weighted by molar-refractivity contribution is 5.75. The Kier molecular flexibility index (Phi) is 4.64. The quantitative estimate of drug-likeness (QED) is 0.857. The molecule has 104 valence electrons. The lowest BCUT2D eigenvalue weighted by Crippen LogP contribution is -2.35. The molecule has 5 heteroatoms. The van der Waals surface area contributed by atoms with Crippen LogP contribution >= 0.6 is 0 Å². The van der Waals surface area contributed by atoms with E-state index in [9.17, 15) is 14.0 Å². The summed E-state index contributed by atoms with van der Waals surface area (Å²) in [5.41, 5.74) is 0.491. The van der Waals surface area contributed by atoms with Crippen LogP contribution in [0.3, 0.4) is 0 Å². The van der Waals surface area contributed by atoms with Gasteiger partial charge in [0.1, 0.15) is 23.7 Å². The molecule has 0 heterocycles. The van der Waals surface area contributed by atoms with Gasteiger partial charge in [-0.15, -0.1) is 0 Å². The van der Waals surface area contributed by atoms with Crippen LogP contribution in [0.1, 0.15) is 37.9 Å². The zero-order chi connectivity index (χ0) is 14.6. The summed E-state index contributed by atoms with van der Waals surface area (Å²) in [6.45, 7) is 6.86. The fraction of sp³-hybridized carbons (Fsp3) is 0.429. The van der Waals surface area contributed by atoms with Crippen molar-refractivity contribution in [1.82, 2.24) is 5.32 Å². The maximum atomic E-state index is 13.0. The number of ether oxygens (including phenoxy) is 1.